The Kier molecular flexibility index (Phi) is 2.61. The topological polar surface area (TPSA) is 4.93 Å². The second kappa shape index (κ2) is 3.63. The Bertz CT molecular complexity index is 533. The standard InChI is InChI=1S/C16H23N/c1-15(2,3)13-8-7-9-14-12(13)10-11-17(14)16(4,5)6/h7-11H,1-6H3. The Labute approximate surface area is 104 Å². The van der Waals surface area contributed by atoms with Crippen LogP contribution < -0.4 is 0 Å². The average Bonchev–Trinajstić information content (AvgIpc) is 2.57. The molecule has 0 fully saturated rings. The zero-order chi connectivity index (χ0) is 12.8. The van der Waals surface area contributed by atoms with Crippen molar-refractivity contribution in [1.29, 1.82) is 0 Å². The zero-order valence-electron chi connectivity index (χ0n) is 11.8. The van der Waals surface area contributed by atoms with Gasteiger partial charge in [-0.15, -0.1) is 0 Å². The molecular weight excluding hydrogens is 206 g/mol. The smallest absolute Gasteiger partial charge is 0.0488 e. The minimum absolute atomic E-state index is 0.137. The van der Waals surface area contributed by atoms with Crippen molar-refractivity contribution in [2.24, 2.45) is 0 Å². The molecule has 0 N–H and O–H groups in total. The fraction of sp³-hybridized carbons (Fsp3) is 0.500. The molecule has 0 saturated heterocycles. The van der Waals surface area contributed by atoms with E-state index in [0.717, 1.165) is 0 Å². The summed E-state index contributed by atoms with van der Waals surface area (Å²) in [4.78, 5) is 0. The van der Waals surface area contributed by atoms with Crippen molar-refractivity contribution in [3.8, 4) is 0 Å². The van der Waals surface area contributed by atoms with Gasteiger partial charge in [-0.25, -0.2) is 0 Å². The van der Waals surface area contributed by atoms with E-state index in [1.54, 1.807) is 0 Å². The van der Waals surface area contributed by atoms with Crippen LogP contribution in [0.25, 0.3) is 10.9 Å². The maximum absolute atomic E-state index is 2.36. The lowest BCUT2D eigenvalue weighted by atomic mass is 9.85. The van der Waals surface area contributed by atoms with Gasteiger partial charge >= 0.3 is 0 Å². The number of aromatic nitrogens is 1. The summed E-state index contributed by atoms with van der Waals surface area (Å²) in [7, 11) is 0. The maximum Gasteiger partial charge on any atom is 0.0488 e. The molecule has 2 rings (SSSR count). The summed E-state index contributed by atoms with van der Waals surface area (Å²) in [6, 6.07) is 8.89. The van der Waals surface area contributed by atoms with E-state index in [-0.39, 0.29) is 11.0 Å². The first kappa shape index (κ1) is 12.2. The summed E-state index contributed by atoms with van der Waals surface area (Å²) in [6.45, 7) is 13.6. The summed E-state index contributed by atoms with van der Waals surface area (Å²) in [6.07, 6.45) is 2.21. The Morgan fingerprint density at radius 1 is 0.882 bits per heavy atom. The molecule has 1 heterocycles. The molecule has 0 unspecified atom stereocenters. The lowest BCUT2D eigenvalue weighted by Gasteiger charge is -2.24. The van der Waals surface area contributed by atoms with E-state index in [1.807, 2.05) is 0 Å². The summed E-state index contributed by atoms with van der Waals surface area (Å²) >= 11 is 0. The van der Waals surface area contributed by atoms with E-state index in [2.05, 4.69) is 76.6 Å². The molecule has 0 bridgehead atoms. The quantitative estimate of drug-likeness (QED) is 0.617. The molecule has 0 aliphatic rings. The monoisotopic (exact) mass is 229 g/mol. The van der Waals surface area contributed by atoms with Crippen molar-refractivity contribution in [2.45, 2.75) is 52.5 Å². The molecule has 1 heteroatoms. The Morgan fingerprint density at radius 3 is 2.06 bits per heavy atom. The fourth-order valence-corrected chi connectivity index (χ4v) is 2.41. The Balaban J connectivity index is 2.74. The van der Waals surface area contributed by atoms with Gasteiger partial charge in [0.2, 0.25) is 0 Å². The van der Waals surface area contributed by atoms with Gasteiger partial charge in [0.05, 0.1) is 0 Å². The number of hydrogen-bond acceptors (Lipinski definition) is 0. The molecule has 2 aromatic rings. The third-order valence-corrected chi connectivity index (χ3v) is 3.26. The van der Waals surface area contributed by atoms with Crippen molar-refractivity contribution in [1.82, 2.24) is 4.57 Å². The van der Waals surface area contributed by atoms with Crippen molar-refractivity contribution < 1.29 is 0 Å². The van der Waals surface area contributed by atoms with Gasteiger partial charge in [0, 0.05) is 22.6 Å². The normalized spacial score (nSPS) is 13.3. The number of nitrogens with zero attached hydrogens (tertiary/aromatic N) is 1. The summed E-state index contributed by atoms with van der Waals surface area (Å²) < 4.78 is 2.36. The molecule has 92 valence electrons. The first-order valence-corrected chi connectivity index (χ1v) is 6.32. The van der Waals surface area contributed by atoms with Crippen LogP contribution in [0.3, 0.4) is 0 Å². The Morgan fingerprint density at radius 2 is 1.53 bits per heavy atom. The first-order chi connectivity index (χ1) is 7.71. The summed E-state index contributed by atoms with van der Waals surface area (Å²) in [5.74, 6) is 0. The molecular formula is C16H23N. The van der Waals surface area contributed by atoms with Crippen molar-refractivity contribution in [3.05, 3.63) is 36.0 Å². The van der Waals surface area contributed by atoms with Crippen molar-refractivity contribution in [2.75, 3.05) is 0 Å². The second-order valence-corrected chi connectivity index (χ2v) is 6.84. The SMILES string of the molecule is CC(C)(C)c1cccc2c1ccn2C(C)(C)C. The molecule has 1 aromatic heterocycles. The van der Waals surface area contributed by atoms with Gasteiger partial charge in [-0.2, -0.15) is 0 Å². The molecule has 0 atom stereocenters. The minimum atomic E-state index is 0.137. The van der Waals surface area contributed by atoms with E-state index in [0.29, 0.717) is 0 Å². The zero-order valence-corrected chi connectivity index (χ0v) is 11.8. The van der Waals surface area contributed by atoms with Gasteiger partial charge in [0.1, 0.15) is 0 Å². The highest BCUT2D eigenvalue weighted by molar-refractivity contribution is 5.85. The van der Waals surface area contributed by atoms with Crippen LogP contribution in [-0.2, 0) is 11.0 Å². The van der Waals surface area contributed by atoms with E-state index < -0.39 is 0 Å². The molecule has 0 aliphatic carbocycles. The molecule has 1 nitrogen and oxygen atoms in total. The summed E-state index contributed by atoms with van der Waals surface area (Å²) in [5, 5.41) is 1.38. The third-order valence-electron chi connectivity index (χ3n) is 3.26. The van der Waals surface area contributed by atoms with Crippen LogP contribution in [0, 0.1) is 0 Å². The van der Waals surface area contributed by atoms with Crippen LogP contribution in [0.4, 0.5) is 0 Å². The van der Waals surface area contributed by atoms with Gasteiger partial charge in [-0.1, -0.05) is 32.9 Å². The van der Waals surface area contributed by atoms with Crippen LogP contribution >= 0.6 is 0 Å². The van der Waals surface area contributed by atoms with E-state index in [1.165, 1.54) is 16.5 Å². The highest BCUT2D eigenvalue weighted by atomic mass is 15.0. The van der Waals surface area contributed by atoms with Gasteiger partial charge < -0.3 is 4.57 Å². The molecule has 0 radical (unpaired) electrons. The predicted molar refractivity (Wildman–Crippen MR) is 75.6 cm³/mol. The molecule has 17 heavy (non-hydrogen) atoms. The van der Waals surface area contributed by atoms with Crippen LogP contribution in [0.2, 0.25) is 0 Å². The Hall–Kier alpha value is -1.24. The fourth-order valence-electron chi connectivity index (χ4n) is 2.41. The highest BCUT2D eigenvalue weighted by Gasteiger charge is 2.20. The van der Waals surface area contributed by atoms with Gasteiger partial charge in [0.25, 0.3) is 0 Å². The van der Waals surface area contributed by atoms with E-state index >= 15 is 0 Å². The van der Waals surface area contributed by atoms with Gasteiger partial charge in [0.15, 0.2) is 0 Å². The molecule has 0 spiro atoms. The number of hydrogen-bond donors (Lipinski definition) is 0. The van der Waals surface area contributed by atoms with Crippen LogP contribution in [0.5, 0.6) is 0 Å². The number of rotatable bonds is 0. The third kappa shape index (κ3) is 2.11. The molecule has 0 saturated carbocycles. The predicted octanol–water partition coefficient (Wildman–Crippen LogP) is 4.69. The van der Waals surface area contributed by atoms with Crippen LogP contribution in [-0.4, -0.2) is 4.57 Å². The van der Waals surface area contributed by atoms with Crippen LogP contribution in [0.15, 0.2) is 30.5 Å². The maximum atomic E-state index is 2.36. The molecule has 0 aliphatic heterocycles. The summed E-state index contributed by atoms with van der Waals surface area (Å²) in [5.41, 5.74) is 3.10. The lowest BCUT2D eigenvalue weighted by molar-refractivity contribution is 0.411. The second-order valence-electron chi connectivity index (χ2n) is 6.84. The van der Waals surface area contributed by atoms with Gasteiger partial charge in [-0.3, -0.25) is 0 Å². The van der Waals surface area contributed by atoms with Crippen LogP contribution in [0.1, 0.15) is 47.1 Å². The van der Waals surface area contributed by atoms with E-state index in [4.69, 9.17) is 0 Å². The largest absolute Gasteiger partial charge is 0.342 e. The number of benzene rings is 1. The first-order valence-electron chi connectivity index (χ1n) is 6.32. The highest BCUT2D eigenvalue weighted by Crippen LogP contribution is 2.32. The van der Waals surface area contributed by atoms with Crippen molar-refractivity contribution >= 4 is 10.9 Å². The molecule has 0 amide bonds. The average molecular weight is 229 g/mol. The lowest BCUT2D eigenvalue weighted by Crippen LogP contribution is -2.20. The van der Waals surface area contributed by atoms with Gasteiger partial charge in [-0.05, 0) is 43.9 Å². The number of fused-ring (bicyclic) bond motifs is 1. The van der Waals surface area contributed by atoms with E-state index in [9.17, 15) is 0 Å². The van der Waals surface area contributed by atoms with Crippen molar-refractivity contribution in [3.63, 3.8) is 0 Å². The minimum Gasteiger partial charge on any atom is -0.342 e. The molecule has 1 aromatic carbocycles.